The van der Waals surface area contributed by atoms with Crippen LogP contribution in [0.25, 0.3) is 0 Å². The van der Waals surface area contributed by atoms with Gasteiger partial charge in [0.2, 0.25) is 5.96 Å². The lowest BCUT2D eigenvalue weighted by atomic mass is 10.2. The molecule has 1 aliphatic heterocycles. The largest absolute Gasteiger partial charge is 0.324 e. The number of carbonyl (C=O) groups is 1. The molecule has 1 heterocycles. The Bertz CT molecular complexity index is 480. The molecule has 5 heteroatoms. The number of aliphatic imine (C=N–C) groups is 2. The maximum atomic E-state index is 10.8. The zero-order valence-corrected chi connectivity index (χ0v) is 8.75. The molecule has 0 fully saturated rings. The molecule has 4 nitrogen and oxygen atoms in total. The number of anilines is 1. The van der Waals surface area contributed by atoms with Crippen LogP contribution in [0.3, 0.4) is 0 Å². The normalized spacial score (nSPS) is 14.3. The Hall–Kier alpha value is -1.68. The Morgan fingerprint density at radius 1 is 1.40 bits per heavy atom. The predicted molar refractivity (Wildman–Crippen MR) is 60.7 cm³/mol. The van der Waals surface area contributed by atoms with Crippen LogP contribution in [0.4, 0.5) is 5.69 Å². The number of hydrogen-bond donors (Lipinski definition) is 1. The van der Waals surface area contributed by atoms with Gasteiger partial charge in [-0.05, 0) is 30.7 Å². The molecule has 0 saturated carbocycles. The highest BCUT2D eigenvalue weighted by molar-refractivity contribution is 6.35. The van der Waals surface area contributed by atoms with Crippen LogP contribution >= 0.6 is 11.6 Å². The minimum Gasteiger partial charge on any atom is -0.324 e. The van der Waals surface area contributed by atoms with Crippen molar-refractivity contribution in [3.05, 3.63) is 28.8 Å². The summed E-state index contributed by atoms with van der Waals surface area (Å²) in [4.78, 5) is 18.3. The first kappa shape index (κ1) is 9.86. The van der Waals surface area contributed by atoms with E-state index in [-0.39, 0.29) is 5.91 Å². The van der Waals surface area contributed by atoms with E-state index in [1.165, 1.54) is 6.21 Å². The molecule has 76 valence electrons. The molecule has 0 saturated heterocycles. The van der Waals surface area contributed by atoms with Crippen LogP contribution in [0.15, 0.2) is 28.2 Å². The van der Waals surface area contributed by atoms with Gasteiger partial charge < -0.3 is 5.32 Å². The number of benzene rings is 1. The van der Waals surface area contributed by atoms with Crippen molar-refractivity contribution in [1.29, 1.82) is 0 Å². The zero-order valence-electron chi connectivity index (χ0n) is 7.99. The summed E-state index contributed by atoms with van der Waals surface area (Å²) in [6.45, 7) is 1.91. The fraction of sp³-hybridized carbons (Fsp3) is 0.100. The number of guanidine groups is 1. The summed E-state index contributed by atoms with van der Waals surface area (Å²) in [6, 6.07) is 5.40. The number of amides is 1. The van der Waals surface area contributed by atoms with Crippen molar-refractivity contribution < 1.29 is 4.79 Å². The molecule has 0 spiro atoms. The van der Waals surface area contributed by atoms with Gasteiger partial charge in [-0.3, -0.25) is 4.79 Å². The third kappa shape index (κ3) is 2.22. The molecule has 0 atom stereocenters. The van der Waals surface area contributed by atoms with Gasteiger partial charge in [0.05, 0.1) is 6.21 Å². The van der Waals surface area contributed by atoms with E-state index in [0.717, 1.165) is 11.3 Å². The summed E-state index contributed by atoms with van der Waals surface area (Å²) >= 11 is 5.82. The first-order chi connectivity index (χ1) is 7.15. The van der Waals surface area contributed by atoms with E-state index in [1.807, 2.05) is 19.1 Å². The molecule has 1 aliphatic rings. The fourth-order valence-corrected chi connectivity index (χ4v) is 1.45. The summed E-state index contributed by atoms with van der Waals surface area (Å²) in [6.07, 6.45) is 1.17. The Morgan fingerprint density at radius 3 is 2.80 bits per heavy atom. The minimum atomic E-state index is -0.343. The van der Waals surface area contributed by atoms with Crippen molar-refractivity contribution in [2.75, 3.05) is 5.32 Å². The van der Waals surface area contributed by atoms with Crippen molar-refractivity contribution in [2.24, 2.45) is 9.98 Å². The summed E-state index contributed by atoms with van der Waals surface area (Å²) in [5.41, 5.74) is 1.81. The second-order valence-corrected chi connectivity index (χ2v) is 3.55. The van der Waals surface area contributed by atoms with E-state index in [4.69, 9.17) is 11.6 Å². The quantitative estimate of drug-likeness (QED) is 0.789. The minimum absolute atomic E-state index is 0.311. The highest BCUT2D eigenvalue weighted by Crippen LogP contribution is 2.19. The van der Waals surface area contributed by atoms with Gasteiger partial charge in [-0.2, -0.15) is 4.99 Å². The van der Waals surface area contributed by atoms with E-state index in [1.54, 1.807) is 6.07 Å². The summed E-state index contributed by atoms with van der Waals surface area (Å²) in [7, 11) is 0. The van der Waals surface area contributed by atoms with Gasteiger partial charge >= 0.3 is 0 Å². The van der Waals surface area contributed by atoms with Crippen LogP contribution in [0.2, 0.25) is 5.02 Å². The Labute approximate surface area is 91.7 Å². The van der Waals surface area contributed by atoms with Gasteiger partial charge in [0, 0.05) is 10.7 Å². The monoisotopic (exact) mass is 221 g/mol. The lowest BCUT2D eigenvalue weighted by molar-refractivity contribution is -0.111. The first-order valence-corrected chi connectivity index (χ1v) is 4.73. The molecule has 1 N–H and O–H groups in total. The number of rotatable bonds is 1. The molecule has 0 unspecified atom stereocenters. The number of hydrogen-bond acceptors (Lipinski definition) is 3. The van der Waals surface area contributed by atoms with Crippen molar-refractivity contribution >= 4 is 35.4 Å². The predicted octanol–water partition coefficient (Wildman–Crippen LogP) is 2.03. The molecule has 2 rings (SSSR count). The lowest BCUT2D eigenvalue weighted by Gasteiger charge is -2.06. The number of aryl methyl sites for hydroxylation is 1. The van der Waals surface area contributed by atoms with Crippen LogP contribution in [-0.4, -0.2) is 18.1 Å². The van der Waals surface area contributed by atoms with Crippen molar-refractivity contribution in [1.82, 2.24) is 0 Å². The van der Waals surface area contributed by atoms with Crippen molar-refractivity contribution in [3.63, 3.8) is 0 Å². The molecular formula is C10H8ClN3O. The average molecular weight is 222 g/mol. The highest BCUT2D eigenvalue weighted by atomic mass is 35.5. The standard InChI is InChI=1S/C10H8ClN3O/c1-6-4-7(11)2-3-8(6)13-10-12-5-9(15)14-10/h2-5H,1H3,(H,13,14,15). The van der Waals surface area contributed by atoms with Crippen molar-refractivity contribution in [3.8, 4) is 0 Å². The van der Waals surface area contributed by atoms with E-state index in [2.05, 4.69) is 15.3 Å². The second kappa shape index (κ2) is 3.82. The fourth-order valence-electron chi connectivity index (χ4n) is 1.23. The number of nitrogens with zero attached hydrogens (tertiary/aromatic N) is 2. The molecule has 1 amide bonds. The van der Waals surface area contributed by atoms with Gasteiger partial charge in [0.15, 0.2) is 0 Å². The lowest BCUT2D eigenvalue weighted by Crippen LogP contribution is -2.08. The summed E-state index contributed by atoms with van der Waals surface area (Å²) < 4.78 is 0. The molecule has 0 bridgehead atoms. The zero-order chi connectivity index (χ0) is 10.8. The van der Waals surface area contributed by atoms with Gasteiger partial charge in [0.25, 0.3) is 5.91 Å². The third-order valence-electron chi connectivity index (χ3n) is 1.95. The smallest absolute Gasteiger partial charge is 0.291 e. The van der Waals surface area contributed by atoms with Gasteiger partial charge in [0.1, 0.15) is 0 Å². The SMILES string of the molecule is Cc1cc(Cl)ccc1NC1=NC(=O)C=N1. The Kier molecular flexibility index (Phi) is 2.51. The van der Waals surface area contributed by atoms with Crippen LogP contribution in [0.1, 0.15) is 5.56 Å². The molecule has 0 aromatic heterocycles. The first-order valence-electron chi connectivity index (χ1n) is 4.35. The van der Waals surface area contributed by atoms with Crippen LogP contribution in [0.5, 0.6) is 0 Å². The van der Waals surface area contributed by atoms with E-state index in [0.29, 0.717) is 11.0 Å². The van der Waals surface area contributed by atoms with Gasteiger partial charge in [-0.15, -0.1) is 0 Å². The van der Waals surface area contributed by atoms with Crippen molar-refractivity contribution in [2.45, 2.75) is 6.92 Å². The van der Waals surface area contributed by atoms with Gasteiger partial charge in [-0.25, -0.2) is 4.99 Å². The van der Waals surface area contributed by atoms with E-state index >= 15 is 0 Å². The van der Waals surface area contributed by atoms with Crippen LogP contribution in [0, 0.1) is 6.92 Å². The Morgan fingerprint density at radius 2 is 2.20 bits per heavy atom. The maximum Gasteiger partial charge on any atom is 0.291 e. The van der Waals surface area contributed by atoms with Crippen LogP contribution in [-0.2, 0) is 4.79 Å². The number of carbonyl (C=O) groups excluding carboxylic acids is 1. The second-order valence-electron chi connectivity index (χ2n) is 3.12. The van der Waals surface area contributed by atoms with Crippen LogP contribution < -0.4 is 5.32 Å². The molecule has 0 aliphatic carbocycles. The highest BCUT2D eigenvalue weighted by Gasteiger charge is 2.09. The summed E-state index contributed by atoms with van der Waals surface area (Å²) in [5.74, 6) is -0.0328. The maximum absolute atomic E-state index is 10.8. The molecule has 1 aromatic carbocycles. The molecule has 1 aromatic rings. The summed E-state index contributed by atoms with van der Waals surface area (Å²) in [5, 5.41) is 3.61. The molecular weight excluding hydrogens is 214 g/mol. The molecule has 0 radical (unpaired) electrons. The van der Waals surface area contributed by atoms with Gasteiger partial charge in [-0.1, -0.05) is 11.6 Å². The average Bonchev–Trinajstić information content (AvgIpc) is 2.56. The van der Waals surface area contributed by atoms with E-state index in [9.17, 15) is 4.79 Å². The molecule has 15 heavy (non-hydrogen) atoms. The topological polar surface area (TPSA) is 53.8 Å². The number of halogens is 1. The number of nitrogens with one attached hydrogen (secondary N) is 1. The third-order valence-corrected chi connectivity index (χ3v) is 2.18. The Balaban J connectivity index is 2.22. The van der Waals surface area contributed by atoms with E-state index < -0.39 is 0 Å².